The van der Waals surface area contributed by atoms with Crippen molar-refractivity contribution in [3.63, 3.8) is 0 Å². The van der Waals surface area contributed by atoms with E-state index in [1.165, 1.54) is 23.1 Å². The molecule has 3 rings (SSSR count). The fourth-order valence-electron chi connectivity index (χ4n) is 3.05. The molecule has 0 amide bonds. The molecule has 0 fully saturated rings. The van der Waals surface area contributed by atoms with Crippen LogP contribution in [0.1, 0.15) is 18.1 Å². The van der Waals surface area contributed by atoms with Gasteiger partial charge in [-0.05, 0) is 37.1 Å². The molecule has 0 spiro atoms. The van der Waals surface area contributed by atoms with Crippen LogP contribution in [0.3, 0.4) is 0 Å². The highest BCUT2D eigenvalue weighted by Gasteiger charge is 2.32. The lowest BCUT2D eigenvalue weighted by Gasteiger charge is -2.25. The second-order valence-electron chi connectivity index (χ2n) is 6.07. The standard InChI is InChI=1S/C16H13F5N2O2S/c1-7-4-8-5-9(26(22,24)25)2-3-11(8)23(7)6-10-12(17)14(19)16(21)15(20)13(10)18/h2-3,5,7H,4,6H2,1H3,(H2,22,24,25). The maximum Gasteiger partial charge on any atom is 0.238 e. The Bertz CT molecular complexity index is 981. The second-order valence-corrected chi connectivity index (χ2v) is 7.63. The summed E-state index contributed by atoms with van der Waals surface area (Å²) in [5.41, 5.74) is 0.0401. The van der Waals surface area contributed by atoms with Crippen molar-refractivity contribution in [2.75, 3.05) is 4.90 Å². The molecular formula is C16H13F5N2O2S. The summed E-state index contributed by atoms with van der Waals surface area (Å²) in [5.74, 6) is -9.99. The molecule has 2 aromatic rings. The van der Waals surface area contributed by atoms with Gasteiger partial charge in [-0.2, -0.15) is 0 Å². The zero-order valence-corrected chi connectivity index (χ0v) is 14.2. The average Bonchev–Trinajstić information content (AvgIpc) is 2.89. The summed E-state index contributed by atoms with van der Waals surface area (Å²) in [5, 5.41) is 5.07. The number of nitrogens with two attached hydrogens (primary N) is 1. The Kier molecular flexibility index (Phi) is 4.43. The number of halogens is 5. The van der Waals surface area contributed by atoms with Crippen molar-refractivity contribution in [3.05, 3.63) is 58.4 Å². The van der Waals surface area contributed by atoms with E-state index in [9.17, 15) is 30.4 Å². The zero-order chi connectivity index (χ0) is 19.4. The molecule has 0 aliphatic carbocycles. The van der Waals surface area contributed by atoms with Crippen molar-refractivity contribution in [2.45, 2.75) is 30.8 Å². The van der Waals surface area contributed by atoms with Gasteiger partial charge in [0.25, 0.3) is 0 Å². The number of hydrogen-bond acceptors (Lipinski definition) is 3. The van der Waals surface area contributed by atoms with Gasteiger partial charge in [0, 0.05) is 23.8 Å². The summed E-state index contributed by atoms with van der Waals surface area (Å²) in [7, 11) is -3.93. The van der Waals surface area contributed by atoms with Crippen molar-refractivity contribution in [1.82, 2.24) is 0 Å². The third-order valence-electron chi connectivity index (χ3n) is 4.37. The van der Waals surface area contributed by atoms with Gasteiger partial charge in [0.15, 0.2) is 23.3 Å². The molecule has 10 heteroatoms. The number of rotatable bonds is 3. The first-order valence-electron chi connectivity index (χ1n) is 7.45. The summed E-state index contributed by atoms with van der Waals surface area (Å²) >= 11 is 0. The Labute approximate surface area is 146 Å². The Morgan fingerprint density at radius 1 is 1.04 bits per heavy atom. The van der Waals surface area contributed by atoms with Crippen molar-refractivity contribution in [3.8, 4) is 0 Å². The van der Waals surface area contributed by atoms with E-state index in [0.29, 0.717) is 17.7 Å². The lowest BCUT2D eigenvalue weighted by molar-refractivity contribution is 0.368. The molecule has 1 atom stereocenters. The fourth-order valence-corrected chi connectivity index (χ4v) is 3.61. The van der Waals surface area contributed by atoms with Crippen LogP contribution in [0.25, 0.3) is 0 Å². The summed E-state index contributed by atoms with van der Waals surface area (Å²) in [6.07, 6.45) is 0.327. The van der Waals surface area contributed by atoms with E-state index in [0.717, 1.165) is 0 Å². The van der Waals surface area contributed by atoms with Crippen molar-refractivity contribution >= 4 is 15.7 Å². The lowest BCUT2D eigenvalue weighted by atomic mass is 10.1. The van der Waals surface area contributed by atoms with Gasteiger partial charge in [-0.1, -0.05) is 0 Å². The van der Waals surface area contributed by atoms with Crippen LogP contribution >= 0.6 is 0 Å². The number of fused-ring (bicyclic) bond motifs is 1. The quantitative estimate of drug-likeness (QED) is 0.496. The molecule has 1 aliphatic rings. The van der Waals surface area contributed by atoms with E-state index in [2.05, 4.69) is 0 Å². The minimum Gasteiger partial charge on any atom is -0.364 e. The molecule has 1 aliphatic heterocycles. The number of nitrogens with zero attached hydrogens (tertiary/aromatic N) is 1. The number of benzene rings is 2. The van der Waals surface area contributed by atoms with Gasteiger partial charge >= 0.3 is 0 Å². The molecule has 4 nitrogen and oxygen atoms in total. The molecule has 2 aromatic carbocycles. The van der Waals surface area contributed by atoms with Crippen LogP contribution in [0.2, 0.25) is 0 Å². The second kappa shape index (κ2) is 6.20. The minimum atomic E-state index is -3.93. The molecule has 1 heterocycles. The van der Waals surface area contributed by atoms with E-state index < -0.39 is 51.2 Å². The van der Waals surface area contributed by atoms with Crippen LogP contribution in [-0.2, 0) is 23.0 Å². The summed E-state index contributed by atoms with van der Waals surface area (Å²) in [6.45, 7) is 1.12. The highest BCUT2D eigenvalue weighted by atomic mass is 32.2. The predicted octanol–water partition coefficient (Wildman–Crippen LogP) is 2.98. The maximum absolute atomic E-state index is 13.9. The third-order valence-corrected chi connectivity index (χ3v) is 5.28. The van der Waals surface area contributed by atoms with Gasteiger partial charge in [-0.15, -0.1) is 0 Å². The van der Waals surface area contributed by atoms with Crippen LogP contribution in [0.15, 0.2) is 23.1 Å². The van der Waals surface area contributed by atoms with E-state index in [1.54, 1.807) is 6.92 Å². The smallest absolute Gasteiger partial charge is 0.238 e. The van der Waals surface area contributed by atoms with Crippen molar-refractivity contribution < 1.29 is 30.4 Å². The van der Waals surface area contributed by atoms with E-state index in [-0.39, 0.29) is 10.9 Å². The normalized spacial score (nSPS) is 16.9. The summed E-state index contributed by atoms with van der Waals surface area (Å²) in [4.78, 5) is 1.32. The van der Waals surface area contributed by atoms with Crippen LogP contribution in [-0.4, -0.2) is 14.5 Å². The van der Waals surface area contributed by atoms with Crippen LogP contribution in [0.4, 0.5) is 27.6 Å². The first kappa shape index (κ1) is 18.6. The van der Waals surface area contributed by atoms with Gasteiger partial charge in [0.2, 0.25) is 15.8 Å². The zero-order valence-electron chi connectivity index (χ0n) is 13.4. The molecule has 0 radical (unpaired) electrons. The monoisotopic (exact) mass is 392 g/mol. The number of hydrogen-bond donors (Lipinski definition) is 1. The third kappa shape index (κ3) is 2.92. The molecule has 0 aromatic heterocycles. The largest absolute Gasteiger partial charge is 0.364 e. The van der Waals surface area contributed by atoms with Crippen LogP contribution < -0.4 is 10.0 Å². The van der Waals surface area contributed by atoms with Gasteiger partial charge in [-0.25, -0.2) is 35.5 Å². The summed E-state index contributed by atoms with van der Waals surface area (Å²) in [6, 6.07) is 3.60. The van der Waals surface area contributed by atoms with Crippen molar-refractivity contribution in [1.29, 1.82) is 0 Å². The maximum atomic E-state index is 13.9. The molecule has 26 heavy (non-hydrogen) atoms. The van der Waals surface area contributed by atoms with Gasteiger partial charge < -0.3 is 4.90 Å². The molecule has 2 N–H and O–H groups in total. The first-order chi connectivity index (χ1) is 12.0. The Morgan fingerprint density at radius 3 is 2.12 bits per heavy atom. The number of primary sulfonamides is 1. The topological polar surface area (TPSA) is 63.4 Å². The number of anilines is 1. The fraction of sp³-hybridized carbons (Fsp3) is 0.250. The molecule has 0 saturated heterocycles. The number of sulfonamides is 1. The Balaban J connectivity index is 2.04. The molecule has 1 unspecified atom stereocenters. The van der Waals surface area contributed by atoms with Crippen LogP contribution in [0.5, 0.6) is 0 Å². The molecule has 0 saturated carbocycles. The summed E-state index contributed by atoms with van der Waals surface area (Å²) < 4.78 is 90.7. The van der Waals surface area contributed by atoms with Gasteiger partial charge in [0.1, 0.15) is 0 Å². The highest BCUT2D eigenvalue weighted by molar-refractivity contribution is 7.89. The minimum absolute atomic E-state index is 0.124. The molecule has 140 valence electrons. The highest BCUT2D eigenvalue weighted by Crippen LogP contribution is 2.36. The van der Waals surface area contributed by atoms with Gasteiger partial charge in [-0.3, -0.25) is 0 Å². The average molecular weight is 392 g/mol. The van der Waals surface area contributed by atoms with E-state index in [1.807, 2.05) is 0 Å². The van der Waals surface area contributed by atoms with Gasteiger partial charge in [0.05, 0.1) is 4.90 Å². The predicted molar refractivity (Wildman–Crippen MR) is 83.4 cm³/mol. The van der Waals surface area contributed by atoms with E-state index >= 15 is 0 Å². The SMILES string of the molecule is CC1Cc2cc(S(N)(=O)=O)ccc2N1Cc1c(F)c(F)c(F)c(F)c1F. The van der Waals surface area contributed by atoms with E-state index in [4.69, 9.17) is 5.14 Å². The first-order valence-corrected chi connectivity index (χ1v) is 8.99. The molecule has 0 bridgehead atoms. The lowest BCUT2D eigenvalue weighted by Crippen LogP contribution is -2.30. The Hall–Kier alpha value is -2.20. The molecular weight excluding hydrogens is 379 g/mol. The van der Waals surface area contributed by atoms with Crippen LogP contribution in [0, 0.1) is 29.1 Å². The van der Waals surface area contributed by atoms with Crippen molar-refractivity contribution in [2.24, 2.45) is 5.14 Å². The Morgan fingerprint density at radius 2 is 1.58 bits per heavy atom.